The summed E-state index contributed by atoms with van der Waals surface area (Å²) >= 11 is 0. The zero-order valence-electron chi connectivity index (χ0n) is 12.5. The lowest BCUT2D eigenvalue weighted by Gasteiger charge is -2.22. The molecule has 0 aromatic heterocycles. The van der Waals surface area contributed by atoms with E-state index in [0.29, 0.717) is 6.04 Å². The van der Waals surface area contributed by atoms with Crippen LogP contribution >= 0.6 is 0 Å². The van der Waals surface area contributed by atoms with Crippen LogP contribution in [0.2, 0.25) is 0 Å². The number of rotatable bonds is 4. The molecule has 110 valence electrons. The van der Waals surface area contributed by atoms with Gasteiger partial charge in [0.2, 0.25) is 0 Å². The number of piperidine rings is 1. The van der Waals surface area contributed by atoms with Crippen LogP contribution in [-0.4, -0.2) is 25.7 Å². The molecule has 1 saturated heterocycles. The largest absolute Gasteiger partial charge is 0.317 e. The second-order valence-electron chi connectivity index (χ2n) is 6.66. The van der Waals surface area contributed by atoms with Crippen molar-refractivity contribution in [3.05, 3.63) is 48.0 Å². The number of hydrogen-bond acceptors (Lipinski definition) is 2. The Morgan fingerprint density at radius 3 is 2.67 bits per heavy atom. The Morgan fingerprint density at radius 2 is 1.81 bits per heavy atom. The van der Waals surface area contributed by atoms with Crippen LogP contribution in [0.5, 0.6) is 0 Å². The van der Waals surface area contributed by atoms with Crippen LogP contribution < -0.4 is 10.6 Å². The first-order valence-corrected chi connectivity index (χ1v) is 8.33. The molecule has 2 heteroatoms. The molecule has 2 atom stereocenters. The summed E-state index contributed by atoms with van der Waals surface area (Å²) in [7, 11) is 0. The van der Waals surface area contributed by atoms with Crippen molar-refractivity contribution in [2.45, 2.75) is 31.2 Å². The smallest absolute Gasteiger partial charge is 0.0143 e. The molecule has 0 spiro atoms. The predicted molar refractivity (Wildman–Crippen MR) is 88.7 cm³/mol. The van der Waals surface area contributed by atoms with Crippen molar-refractivity contribution in [2.24, 2.45) is 5.92 Å². The van der Waals surface area contributed by atoms with E-state index in [9.17, 15) is 0 Å². The van der Waals surface area contributed by atoms with Crippen LogP contribution in [0.1, 0.15) is 30.7 Å². The van der Waals surface area contributed by atoms with Crippen molar-refractivity contribution >= 4 is 10.8 Å². The molecule has 0 bridgehead atoms. The van der Waals surface area contributed by atoms with Gasteiger partial charge in [0.1, 0.15) is 0 Å². The molecule has 2 nitrogen and oxygen atoms in total. The topological polar surface area (TPSA) is 24.1 Å². The molecule has 2 aliphatic rings. The molecule has 2 aromatic carbocycles. The summed E-state index contributed by atoms with van der Waals surface area (Å²) in [5.41, 5.74) is 1.51. The Bertz CT molecular complexity index is 616. The van der Waals surface area contributed by atoms with Crippen molar-refractivity contribution in [1.29, 1.82) is 0 Å². The molecule has 2 N–H and O–H groups in total. The summed E-state index contributed by atoms with van der Waals surface area (Å²) in [6, 6.07) is 16.3. The van der Waals surface area contributed by atoms with Gasteiger partial charge in [-0.05, 0) is 61.2 Å². The van der Waals surface area contributed by atoms with Crippen molar-refractivity contribution in [3.63, 3.8) is 0 Å². The lowest BCUT2D eigenvalue weighted by molar-refractivity contribution is 0.355. The Balaban J connectivity index is 1.36. The SMILES string of the molecule is c1ccc2cc([C@@H]3C[C@H]3NCC3CCNCC3)ccc2c1. The molecule has 0 amide bonds. The maximum Gasteiger partial charge on any atom is 0.0143 e. The molecule has 4 rings (SSSR count). The number of fused-ring (bicyclic) bond motifs is 1. The normalized spacial score (nSPS) is 26.1. The molecule has 1 aliphatic heterocycles. The van der Waals surface area contributed by atoms with Crippen LogP contribution in [0.25, 0.3) is 10.8 Å². The summed E-state index contributed by atoms with van der Waals surface area (Å²) in [6.45, 7) is 3.60. The van der Waals surface area contributed by atoms with E-state index in [1.807, 2.05) is 0 Å². The van der Waals surface area contributed by atoms with Crippen molar-refractivity contribution in [3.8, 4) is 0 Å². The minimum absolute atomic E-state index is 0.709. The van der Waals surface area contributed by atoms with E-state index < -0.39 is 0 Å². The van der Waals surface area contributed by atoms with Gasteiger partial charge in [-0.15, -0.1) is 0 Å². The van der Waals surface area contributed by atoms with Crippen molar-refractivity contribution in [2.75, 3.05) is 19.6 Å². The first kappa shape index (κ1) is 13.3. The van der Waals surface area contributed by atoms with Crippen LogP contribution in [0.15, 0.2) is 42.5 Å². The Hall–Kier alpha value is -1.38. The first-order valence-electron chi connectivity index (χ1n) is 8.33. The fourth-order valence-electron chi connectivity index (χ4n) is 3.63. The fourth-order valence-corrected chi connectivity index (χ4v) is 3.63. The van der Waals surface area contributed by atoms with E-state index in [-0.39, 0.29) is 0 Å². The number of nitrogens with one attached hydrogen (secondary N) is 2. The molecule has 2 aromatic rings. The molecular weight excluding hydrogens is 256 g/mol. The standard InChI is InChI=1S/C19H24N2/c1-2-4-16-11-17(6-5-15(16)3-1)18-12-19(18)21-13-14-7-9-20-10-8-14/h1-6,11,14,18-21H,7-10,12-13H2/t18-,19+/m0/s1. The highest BCUT2D eigenvalue weighted by Crippen LogP contribution is 2.41. The van der Waals surface area contributed by atoms with Crippen LogP contribution in [0.3, 0.4) is 0 Å². The van der Waals surface area contributed by atoms with Gasteiger partial charge in [-0.3, -0.25) is 0 Å². The quantitative estimate of drug-likeness (QED) is 0.898. The third-order valence-electron chi connectivity index (χ3n) is 5.12. The van der Waals surface area contributed by atoms with Gasteiger partial charge in [0.25, 0.3) is 0 Å². The number of benzene rings is 2. The minimum atomic E-state index is 0.709. The van der Waals surface area contributed by atoms with Gasteiger partial charge in [-0.2, -0.15) is 0 Å². The molecular formula is C19H24N2. The van der Waals surface area contributed by atoms with E-state index in [2.05, 4.69) is 53.1 Å². The number of hydrogen-bond donors (Lipinski definition) is 2. The highest BCUT2D eigenvalue weighted by Gasteiger charge is 2.38. The maximum absolute atomic E-state index is 3.80. The third-order valence-corrected chi connectivity index (χ3v) is 5.12. The fraction of sp³-hybridized carbons (Fsp3) is 0.474. The van der Waals surface area contributed by atoms with E-state index in [4.69, 9.17) is 0 Å². The molecule has 2 fully saturated rings. The molecule has 1 aliphatic carbocycles. The van der Waals surface area contributed by atoms with E-state index >= 15 is 0 Å². The second-order valence-corrected chi connectivity index (χ2v) is 6.66. The van der Waals surface area contributed by atoms with Gasteiger partial charge in [-0.1, -0.05) is 42.5 Å². The van der Waals surface area contributed by atoms with Gasteiger partial charge in [0, 0.05) is 12.0 Å². The highest BCUT2D eigenvalue weighted by molar-refractivity contribution is 5.83. The summed E-state index contributed by atoms with van der Waals surface area (Å²) in [5.74, 6) is 1.61. The Labute approximate surface area is 126 Å². The van der Waals surface area contributed by atoms with Crippen LogP contribution in [0, 0.1) is 5.92 Å². The van der Waals surface area contributed by atoms with Crippen LogP contribution in [-0.2, 0) is 0 Å². The maximum atomic E-state index is 3.80. The molecule has 21 heavy (non-hydrogen) atoms. The zero-order valence-corrected chi connectivity index (χ0v) is 12.5. The minimum Gasteiger partial charge on any atom is -0.317 e. The van der Waals surface area contributed by atoms with Gasteiger partial charge in [0.05, 0.1) is 0 Å². The zero-order chi connectivity index (χ0) is 14.1. The molecule has 1 heterocycles. The van der Waals surface area contributed by atoms with Gasteiger partial charge in [0.15, 0.2) is 0 Å². The first-order chi connectivity index (χ1) is 10.4. The Kier molecular flexibility index (Phi) is 3.66. The molecule has 0 radical (unpaired) electrons. The monoisotopic (exact) mass is 280 g/mol. The third kappa shape index (κ3) is 2.97. The molecule has 1 saturated carbocycles. The van der Waals surface area contributed by atoms with Gasteiger partial charge >= 0.3 is 0 Å². The highest BCUT2D eigenvalue weighted by atomic mass is 15.0. The van der Waals surface area contributed by atoms with E-state index in [1.165, 1.54) is 55.2 Å². The average Bonchev–Trinajstić information content (AvgIpc) is 3.33. The summed E-state index contributed by atoms with van der Waals surface area (Å²) in [5, 5.41) is 9.96. The summed E-state index contributed by atoms with van der Waals surface area (Å²) < 4.78 is 0. The molecule has 0 unspecified atom stereocenters. The van der Waals surface area contributed by atoms with Gasteiger partial charge < -0.3 is 10.6 Å². The Morgan fingerprint density at radius 1 is 1.00 bits per heavy atom. The summed E-state index contributed by atoms with van der Waals surface area (Å²) in [4.78, 5) is 0. The summed E-state index contributed by atoms with van der Waals surface area (Å²) in [6.07, 6.45) is 3.98. The van der Waals surface area contributed by atoms with Crippen molar-refractivity contribution < 1.29 is 0 Å². The average molecular weight is 280 g/mol. The van der Waals surface area contributed by atoms with Crippen LogP contribution in [0.4, 0.5) is 0 Å². The van der Waals surface area contributed by atoms with E-state index in [1.54, 1.807) is 0 Å². The van der Waals surface area contributed by atoms with E-state index in [0.717, 1.165) is 11.8 Å². The van der Waals surface area contributed by atoms with Gasteiger partial charge in [-0.25, -0.2) is 0 Å². The second kappa shape index (κ2) is 5.78. The predicted octanol–water partition coefficient (Wildman–Crippen LogP) is 3.28. The lowest BCUT2D eigenvalue weighted by Crippen LogP contribution is -2.34. The lowest BCUT2D eigenvalue weighted by atomic mass is 9.98. The van der Waals surface area contributed by atoms with Crippen molar-refractivity contribution in [1.82, 2.24) is 10.6 Å².